The Kier molecular flexibility index (Phi) is 3.68. The summed E-state index contributed by atoms with van der Waals surface area (Å²) in [7, 11) is 0. The predicted octanol–water partition coefficient (Wildman–Crippen LogP) is 3.90. The van der Waals surface area contributed by atoms with Crippen molar-refractivity contribution in [3.05, 3.63) is 58.7 Å². The molecule has 0 spiro atoms. The van der Waals surface area contributed by atoms with Crippen molar-refractivity contribution in [2.75, 3.05) is 0 Å². The van der Waals surface area contributed by atoms with Crippen molar-refractivity contribution in [1.82, 2.24) is 0 Å². The monoisotopic (exact) mass is 242 g/mol. The fourth-order valence-corrected chi connectivity index (χ4v) is 1.86. The lowest BCUT2D eigenvalue weighted by Crippen LogP contribution is -1.92. The third-order valence-corrected chi connectivity index (χ3v) is 2.99. The van der Waals surface area contributed by atoms with Gasteiger partial charge in [-0.1, -0.05) is 24.3 Å². The molecule has 2 heteroatoms. The summed E-state index contributed by atoms with van der Waals surface area (Å²) in [6.45, 7) is 6.13. The lowest BCUT2D eigenvalue weighted by molar-refractivity contribution is 0.281. The summed E-state index contributed by atoms with van der Waals surface area (Å²) in [6.07, 6.45) is 0. The zero-order valence-electron chi connectivity index (χ0n) is 11.0. The highest BCUT2D eigenvalue weighted by atomic mass is 16.5. The second-order valence-electron chi connectivity index (χ2n) is 4.63. The predicted molar refractivity (Wildman–Crippen MR) is 73.1 cm³/mol. The maximum absolute atomic E-state index is 9.08. The van der Waals surface area contributed by atoms with Crippen LogP contribution in [-0.2, 0) is 6.61 Å². The fraction of sp³-hybridized carbons (Fsp3) is 0.250. The van der Waals surface area contributed by atoms with E-state index in [1.165, 1.54) is 5.56 Å². The first-order valence-electron chi connectivity index (χ1n) is 6.05. The van der Waals surface area contributed by atoms with Crippen LogP contribution in [0.25, 0.3) is 0 Å². The van der Waals surface area contributed by atoms with Crippen LogP contribution < -0.4 is 4.74 Å². The third kappa shape index (κ3) is 2.71. The van der Waals surface area contributed by atoms with E-state index in [0.29, 0.717) is 0 Å². The van der Waals surface area contributed by atoms with Crippen LogP contribution in [0.5, 0.6) is 11.5 Å². The number of hydrogen-bond donors (Lipinski definition) is 1. The second kappa shape index (κ2) is 5.23. The van der Waals surface area contributed by atoms with Gasteiger partial charge in [0.05, 0.1) is 6.61 Å². The Labute approximate surface area is 108 Å². The quantitative estimate of drug-likeness (QED) is 0.884. The molecule has 0 fully saturated rings. The van der Waals surface area contributed by atoms with Gasteiger partial charge < -0.3 is 9.84 Å². The zero-order chi connectivity index (χ0) is 13.1. The molecule has 0 unspecified atom stereocenters. The van der Waals surface area contributed by atoms with Gasteiger partial charge in [-0.15, -0.1) is 0 Å². The van der Waals surface area contributed by atoms with Crippen molar-refractivity contribution in [3.8, 4) is 11.5 Å². The van der Waals surface area contributed by atoms with Crippen molar-refractivity contribution >= 4 is 0 Å². The molecular weight excluding hydrogens is 224 g/mol. The largest absolute Gasteiger partial charge is 0.457 e. The Bertz CT molecular complexity index is 559. The van der Waals surface area contributed by atoms with Crippen LogP contribution in [0.3, 0.4) is 0 Å². The molecule has 0 aliphatic carbocycles. The maximum Gasteiger partial charge on any atom is 0.130 e. The summed E-state index contributed by atoms with van der Waals surface area (Å²) in [4.78, 5) is 0. The van der Waals surface area contributed by atoms with Gasteiger partial charge >= 0.3 is 0 Å². The number of aryl methyl sites for hydroxylation is 3. The molecule has 0 aliphatic rings. The molecule has 0 heterocycles. The highest BCUT2D eigenvalue weighted by Crippen LogP contribution is 2.28. The van der Waals surface area contributed by atoms with E-state index in [1.54, 1.807) is 0 Å². The number of hydrogen-bond acceptors (Lipinski definition) is 2. The number of aliphatic hydroxyl groups excluding tert-OH is 1. The summed E-state index contributed by atoms with van der Waals surface area (Å²) in [5, 5.41) is 9.08. The third-order valence-electron chi connectivity index (χ3n) is 2.99. The smallest absolute Gasteiger partial charge is 0.130 e. The molecule has 0 bridgehead atoms. The van der Waals surface area contributed by atoms with Gasteiger partial charge in [-0.2, -0.15) is 0 Å². The van der Waals surface area contributed by atoms with Gasteiger partial charge in [0.15, 0.2) is 0 Å². The van der Waals surface area contributed by atoms with Gasteiger partial charge in [0, 0.05) is 0 Å². The van der Waals surface area contributed by atoms with Crippen LogP contribution in [-0.4, -0.2) is 5.11 Å². The molecule has 0 saturated carbocycles. The van der Waals surface area contributed by atoms with E-state index in [2.05, 4.69) is 12.1 Å². The maximum atomic E-state index is 9.08. The topological polar surface area (TPSA) is 29.5 Å². The fourth-order valence-electron chi connectivity index (χ4n) is 1.86. The molecule has 2 aromatic carbocycles. The molecule has 2 aromatic rings. The highest BCUT2D eigenvalue weighted by molar-refractivity contribution is 5.43. The van der Waals surface area contributed by atoms with E-state index in [0.717, 1.165) is 28.2 Å². The Morgan fingerprint density at radius 3 is 2.33 bits per heavy atom. The van der Waals surface area contributed by atoms with Crippen molar-refractivity contribution in [3.63, 3.8) is 0 Å². The number of rotatable bonds is 3. The molecule has 94 valence electrons. The highest BCUT2D eigenvalue weighted by Gasteiger charge is 2.05. The molecule has 1 N–H and O–H groups in total. The number of aliphatic hydroxyl groups is 1. The second-order valence-corrected chi connectivity index (χ2v) is 4.63. The first-order valence-corrected chi connectivity index (χ1v) is 6.05. The first kappa shape index (κ1) is 12.7. The van der Waals surface area contributed by atoms with E-state index in [-0.39, 0.29) is 6.61 Å². The van der Waals surface area contributed by atoms with Gasteiger partial charge in [-0.05, 0) is 55.2 Å². The average molecular weight is 242 g/mol. The molecule has 0 saturated heterocycles. The van der Waals surface area contributed by atoms with Crippen molar-refractivity contribution < 1.29 is 9.84 Å². The van der Waals surface area contributed by atoms with E-state index in [4.69, 9.17) is 9.84 Å². The zero-order valence-corrected chi connectivity index (χ0v) is 11.0. The van der Waals surface area contributed by atoms with Gasteiger partial charge in [-0.3, -0.25) is 0 Å². The molecule has 0 aromatic heterocycles. The Balaban J connectivity index is 2.31. The van der Waals surface area contributed by atoms with Gasteiger partial charge in [0.25, 0.3) is 0 Å². The summed E-state index contributed by atoms with van der Waals surface area (Å²) in [5.74, 6) is 1.72. The van der Waals surface area contributed by atoms with Gasteiger partial charge in [0.2, 0.25) is 0 Å². The molecule has 18 heavy (non-hydrogen) atoms. The van der Waals surface area contributed by atoms with Crippen molar-refractivity contribution in [2.45, 2.75) is 27.4 Å². The number of ether oxygens (including phenoxy) is 1. The standard InChI is InChI=1S/C16H18O2/c1-11-4-5-12(2)16(8-11)18-15-7-6-14(10-17)9-13(15)3/h4-9,17H,10H2,1-3H3. The first-order chi connectivity index (χ1) is 8.60. The SMILES string of the molecule is Cc1ccc(C)c(Oc2ccc(CO)cc2C)c1. The molecule has 2 rings (SSSR count). The van der Waals surface area contributed by atoms with E-state index in [1.807, 2.05) is 45.0 Å². The van der Waals surface area contributed by atoms with E-state index < -0.39 is 0 Å². The van der Waals surface area contributed by atoms with Gasteiger partial charge in [0.1, 0.15) is 11.5 Å². The minimum atomic E-state index is 0.0601. The van der Waals surface area contributed by atoms with Crippen LogP contribution in [0.1, 0.15) is 22.3 Å². The normalized spacial score (nSPS) is 10.4. The lowest BCUT2D eigenvalue weighted by atomic mass is 10.1. The molecule has 0 amide bonds. The Morgan fingerprint density at radius 2 is 1.67 bits per heavy atom. The van der Waals surface area contributed by atoms with E-state index in [9.17, 15) is 0 Å². The van der Waals surface area contributed by atoms with Crippen LogP contribution >= 0.6 is 0 Å². The minimum absolute atomic E-state index is 0.0601. The molecule has 2 nitrogen and oxygen atoms in total. The summed E-state index contributed by atoms with van der Waals surface area (Å²) >= 11 is 0. The summed E-state index contributed by atoms with van der Waals surface area (Å²) < 4.78 is 5.94. The lowest BCUT2D eigenvalue weighted by Gasteiger charge is -2.12. The number of benzene rings is 2. The summed E-state index contributed by atoms with van der Waals surface area (Å²) in [6, 6.07) is 11.9. The van der Waals surface area contributed by atoms with Gasteiger partial charge in [-0.25, -0.2) is 0 Å². The van der Waals surface area contributed by atoms with Crippen molar-refractivity contribution in [1.29, 1.82) is 0 Å². The van der Waals surface area contributed by atoms with Crippen LogP contribution in [0.4, 0.5) is 0 Å². The Hall–Kier alpha value is -1.80. The van der Waals surface area contributed by atoms with Crippen LogP contribution in [0, 0.1) is 20.8 Å². The summed E-state index contributed by atoms with van der Waals surface area (Å²) in [5.41, 5.74) is 4.23. The Morgan fingerprint density at radius 1 is 0.889 bits per heavy atom. The molecule has 0 radical (unpaired) electrons. The van der Waals surface area contributed by atoms with E-state index >= 15 is 0 Å². The van der Waals surface area contributed by atoms with Crippen LogP contribution in [0.2, 0.25) is 0 Å². The minimum Gasteiger partial charge on any atom is -0.457 e. The molecular formula is C16H18O2. The average Bonchev–Trinajstić information content (AvgIpc) is 2.36. The molecule has 0 aliphatic heterocycles. The van der Waals surface area contributed by atoms with Crippen LogP contribution in [0.15, 0.2) is 36.4 Å². The van der Waals surface area contributed by atoms with Crippen molar-refractivity contribution in [2.24, 2.45) is 0 Å². The molecule has 0 atom stereocenters.